The average molecular weight is 358 g/mol. The molecule has 0 fully saturated rings. The lowest BCUT2D eigenvalue weighted by Crippen LogP contribution is -2.24. The Labute approximate surface area is 147 Å². The van der Waals surface area contributed by atoms with Crippen molar-refractivity contribution < 1.29 is 13.9 Å². The molecule has 5 nitrogen and oxygen atoms in total. The van der Waals surface area contributed by atoms with Crippen LogP contribution >= 0.6 is 11.8 Å². The largest absolute Gasteiger partial charge is 0.468 e. The molecule has 3 aromatic rings. The number of thioether (sulfide) groups is 1. The highest BCUT2D eigenvalue weighted by atomic mass is 32.2. The summed E-state index contributed by atoms with van der Waals surface area (Å²) in [7, 11) is 1.31. The minimum atomic E-state index is -0.402. The Morgan fingerprint density at radius 2 is 1.92 bits per heavy atom. The topological polar surface area (TPSA) is 61.2 Å². The second kappa shape index (κ2) is 7.48. The van der Waals surface area contributed by atoms with Gasteiger partial charge in [-0.1, -0.05) is 36.0 Å². The quantitative estimate of drug-likeness (QED) is 0.399. The summed E-state index contributed by atoms with van der Waals surface area (Å²) in [6, 6.07) is 13.0. The fourth-order valence-electron chi connectivity index (χ4n) is 2.35. The molecule has 25 heavy (non-hydrogen) atoms. The van der Waals surface area contributed by atoms with Crippen LogP contribution in [0.5, 0.6) is 0 Å². The molecular formula is C18H15FN2O3S. The highest BCUT2D eigenvalue weighted by Crippen LogP contribution is 2.19. The molecule has 0 N–H and O–H groups in total. The molecule has 0 aliphatic heterocycles. The van der Waals surface area contributed by atoms with E-state index in [-0.39, 0.29) is 23.7 Å². The number of benzene rings is 2. The van der Waals surface area contributed by atoms with Crippen LogP contribution in [0.25, 0.3) is 10.9 Å². The Hall–Kier alpha value is -2.67. The monoisotopic (exact) mass is 358 g/mol. The van der Waals surface area contributed by atoms with Crippen molar-refractivity contribution in [3.63, 3.8) is 0 Å². The predicted molar refractivity (Wildman–Crippen MR) is 94.2 cm³/mol. The summed E-state index contributed by atoms with van der Waals surface area (Å²) in [6.07, 6.45) is 0. The fraction of sp³-hybridized carbons (Fsp3) is 0.167. The van der Waals surface area contributed by atoms with Crippen molar-refractivity contribution in [2.75, 3.05) is 12.9 Å². The Balaban J connectivity index is 2.05. The van der Waals surface area contributed by atoms with Crippen molar-refractivity contribution in [2.45, 2.75) is 11.7 Å². The molecule has 7 heteroatoms. The van der Waals surface area contributed by atoms with Crippen molar-refractivity contribution in [2.24, 2.45) is 0 Å². The molecule has 3 rings (SSSR count). The smallest absolute Gasteiger partial charge is 0.316 e. The first-order valence-electron chi connectivity index (χ1n) is 7.52. The van der Waals surface area contributed by atoms with Gasteiger partial charge in [-0.05, 0) is 29.8 Å². The zero-order valence-corrected chi connectivity index (χ0v) is 14.3. The second-order valence-corrected chi connectivity index (χ2v) is 6.24. The molecule has 0 spiro atoms. The van der Waals surface area contributed by atoms with E-state index >= 15 is 0 Å². The van der Waals surface area contributed by atoms with Gasteiger partial charge < -0.3 is 4.74 Å². The maximum Gasteiger partial charge on any atom is 0.316 e. The van der Waals surface area contributed by atoms with Gasteiger partial charge in [0.05, 0.1) is 30.3 Å². The van der Waals surface area contributed by atoms with E-state index in [1.807, 2.05) is 0 Å². The Kier molecular flexibility index (Phi) is 5.14. The number of carbonyl (C=O) groups is 1. The molecule has 0 radical (unpaired) electrons. The molecule has 0 aliphatic rings. The van der Waals surface area contributed by atoms with Crippen molar-refractivity contribution in [3.05, 3.63) is 70.3 Å². The lowest BCUT2D eigenvalue weighted by molar-refractivity contribution is -0.137. The number of para-hydroxylation sites is 1. The van der Waals surface area contributed by atoms with E-state index in [1.54, 1.807) is 36.4 Å². The van der Waals surface area contributed by atoms with Gasteiger partial charge in [0.2, 0.25) is 0 Å². The molecule has 1 heterocycles. The number of esters is 1. The van der Waals surface area contributed by atoms with Crippen LogP contribution in [0.1, 0.15) is 5.56 Å². The molecule has 0 saturated carbocycles. The average Bonchev–Trinajstić information content (AvgIpc) is 2.64. The van der Waals surface area contributed by atoms with Crippen molar-refractivity contribution in [1.29, 1.82) is 0 Å². The van der Waals surface area contributed by atoms with Crippen LogP contribution in [0, 0.1) is 5.82 Å². The third kappa shape index (κ3) is 3.88. The summed E-state index contributed by atoms with van der Waals surface area (Å²) in [6.45, 7) is 0.237. The number of hydrogen-bond donors (Lipinski definition) is 0. The number of nitrogens with zero attached hydrogens (tertiary/aromatic N) is 2. The standard InChI is InChI=1S/C18H15FN2O3S/c1-24-16(22)11-25-18-20-15-5-3-2-4-14(15)17(23)21(18)10-12-6-8-13(19)9-7-12/h2-9H,10-11H2,1H3. The van der Waals surface area contributed by atoms with Crippen LogP contribution in [0.3, 0.4) is 0 Å². The Morgan fingerprint density at radius 3 is 2.64 bits per heavy atom. The van der Waals surface area contributed by atoms with Crippen molar-refractivity contribution in [1.82, 2.24) is 9.55 Å². The number of fused-ring (bicyclic) bond motifs is 1. The molecule has 0 atom stereocenters. The van der Waals surface area contributed by atoms with E-state index < -0.39 is 5.97 Å². The van der Waals surface area contributed by atoms with Crippen molar-refractivity contribution >= 4 is 28.6 Å². The van der Waals surface area contributed by atoms with E-state index in [0.717, 1.165) is 17.3 Å². The Morgan fingerprint density at radius 1 is 1.20 bits per heavy atom. The molecule has 1 aromatic heterocycles. The van der Waals surface area contributed by atoms with Crippen LogP contribution < -0.4 is 5.56 Å². The van der Waals surface area contributed by atoms with E-state index in [4.69, 9.17) is 0 Å². The zero-order chi connectivity index (χ0) is 17.8. The molecule has 0 aliphatic carbocycles. The van der Waals surface area contributed by atoms with Gasteiger partial charge in [0.15, 0.2) is 5.16 Å². The first-order chi connectivity index (χ1) is 12.1. The third-order valence-corrected chi connectivity index (χ3v) is 4.58. The second-order valence-electron chi connectivity index (χ2n) is 5.29. The van der Waals surface area contributed by atoms with E-state index in [9.17, 15) is 14.0 Å². The first kappa shape index (κ1) is 17.2. The van der Waals surface area contributed by atoms with Crippen LogP contribution in [0.15, 0.2) is 58.5 Å². The minimum absolute atomic E-state index is 0.0463. The Bertz CT molecular complexity index is 970. The predicted octanol–water partition coefficient (Wildman–Crippen LogP) is 2.85. The van der Waals surface area contributed by atoms with Crippen LogP contribution in [0.2, 0.25) is 0 Å². The number of halogens is 1. The van der Waals surface area contributed by atoms with Crippen LogP contribution in [-0.2, 0) is 16.1 Å². The number of methoxy groups -OCH3 is 1. The summed E-state index contributed by atoms with van der Waals surface area (Å²) in [5, 5.41) is 0.908. The normalized spacial score (nSPS) is 10.8. The summed E-state index contributed by atoms with van der Waals surface area (Å²) in [4.78, 5) is 28.8. The fourth-order valence-corrected chi connectivity index (χ4v) is 3.18. The zero-order valence-electron chi connectivity index (χ0n) is 13.4. The molecule has 0 saturated heterocycles. The molecule has 2 aromatic carbocycles. The number of rotatable bonds is 5. The summed E-state index contributed by atoms with van der Waals surface area (Å²) < 4.78 is 19.2. The maximum absolute atomic E-state index is 13.1. The lowest BCUT2D eigenvalue weighted by atomic mass is 10.2. The van der Waals surface area contributed by atoms with Gasteiger partial charge in [-0.2, -0.15) is 0 Å². The summed E-state index contributed by atoms with van der Waals surface area (Å²) in [5.41, 5.74) is 1.12. The SMILES string of the molecule is COC(=O)CSc1nc2ccccc2c(=O)n1Cc1ccc(F)cc1. The van der Waals surface area contributed by atoms with Crippen LogP contribution in [-0.4, -0.2) is 28.4 Å². The molecule has 0 bridgehead atoms. The van der Waals surface area contributed by atoms with Gasteiger partial charge in [0, 0.05) is 0 Å². The minimum Gasteiger partial charge on any atom is -0.468 e. The van der Waals surface area contributed by atoms with Crippen LogP contribution in [0.4, 0.5) is 4.39 Å². The highest BCUT2D eigenvalue weighted by Gasteiger charge is 2.13. The third-order valence-electron chi connectivity index (χ3n) is 3.63. The van der Waals surface area contributed by atoms with Gasteiger partial charge in [0.1, 0.15) is 5.82 Å². The number of carbonyl (C=O) groups excluding carboxylic acids is 1. The number of ether oxygens (including phenoxy) is 1. The first-order valence-corrected chi connectivity index (χ1v) is 8.50. The van der Waals surface area contributed by atoms with Gasteiger partial charge in [-0.3, -0.25) is 14.2 Å². The van der Waals surface area contributed by atoms with Gasteiger partial charge in [-0.25, -0.2) is 9.37 Å². The van der Waals surface area contributed by atoms with Crippen molar-refractivity contribution in [3.8, 4) is 0 Å². The summed E-state index contributed by atoms with van der Waals surface area (Å²) in [5.74, 6) is -0.696. The number of aromatic nitrogens is 2. The van der Waals surface area contributed by atoms with E-state index in [2.05, 4.69) is 9.72 Å². The molecule has 128 valence electrons. The highest BCUT2D eigenvalue weighted by molar-refractivity contribution is 7.99. The van der Waals surface area contributed by atoms with E-state index in [1.165, 1.54) is 23.8 Å². The number of hydrogen-bond acceptors (Lipinski definition) is 5. The van der Waals surface area contributed by atoms with E-state index in [0.29, 0.717) is 16.1 Å². The maximum atomic E-state index is 13.1. The summed E-state index contributed by atoms with van der Waals surface area (Å²) >= 11 is 1.13. The molecule has 0 unspecified atom stereocenters. The molecule has 0 amide bonds. The van der Waals surface area contributed by atoms with Gasteiger partial charge >= 0.3 is 5.97 Å². The van der Waals surface area contributed by atoms with Gasteiger partial charge in [-0.15, -0.1) is 0 Å². The van der Waals surface area contributed by atoms with Gasteiger partial charge in [0.25, 0.3) is 5.56 Å². The lowest BCUT2D eigenvalue weighted by Gasteiger charge is -2.13. The molecular weight excluding hydrogens is 343 g/mol.